The molecule has 3 heterocycles. The Morgan fingerprint density at radius 3 is 2.59 bits per heavy atom. The van der Waals surface area contributed by atoms with Crippen LogP contribution in [-0.4, -0.2) is 48.2 Å². The lowest BCUT2D eigenvalue weighted by Crippen LogP contribution is -2.32. The van der Waals surface area contributed by atoms with E-state index >= 15 is 0 Å². The Kier molecular flexibility index (Phi) is 7.28. The standard InChI is InChI=1S/C29H30F2N4O2/c1-3-37-33-29(23-7-8-24(30)25(31)14-23)26-9-4-19(17-32-26)18-35-12-10-20(11-13-35)21-5-6-22-16-28(36)34(2)27(22)15-21/h4-9,14-15,17,20H,3,10-13,16,18H2,1-2H3/b33-29+. The molecular formula is C29H30F2N4O2. The first-order valence-corrected chi connectivity index (χ1v) is 12.7. The van der Waals surface area contributed by atoms with E-state index < -0.39 is 11.6 Å². The first kappa shape index (κ1) is 25.0. The minimum Gasteiger partial charge on any atom is -0.396 e. The monoisotopic (exact) mass is 504 g/mol. The van der Waals surface area contributed by atoms with Gasteiger partial charge in [0, 0.05) is 31.0 Å². The lowest BCUT2D eigenvalue weighted by Gasteiger charge is -2.32. The van der Waals surface area contributed by atoms with Gasteiger partial charge in [-0.15, -0.1) is 0 Å². The number of piperidine rings is 1. The highest BCUT2D eigenvalue weighted by Crippen LogP contribution is 2.35. The van der Waals surface area contributed by atoms with E-state index in [1.54, 1.807) is 18.0 Å². The average molecular weight is 505 g/mol. The number of aromatic nitrogens is 1. The van der Waals surface area contributed by atoms with Crippen LogP contribution in [-0.2, 0) is 22.6 Å². The van der Waals surface area contributed by atoms with Gasteiger partial charge in [0.2, 0.25) is 5.91 Å². The summed E-state index contributed by atoms with van der Waals surface area (Å²) in [6.45, 7) is 4.89. The van der Waals surface area contributed by atoms with Crippen LogP contribution in [0.15, 0.2) is 59.9 Å². The number of hydrogen-bond acceptors (Lipinski definition) is 5. The minimum atomic E-state index is -0.942. The number of likely N-dealkylation sites (N-methyl/N-ethyl adjacent to an activating group) is 1. The van der Waals surface area contributed by atoms with E-state index in [1.807, 2.05) is 19.2 Å². The van der Waals surface area contributed by atoms with Gasteiger partial charge in [0.1, 0.15) is 12.3 Å². The van der Waals surface area contributed by atoms with Crippen molar-refractivity contribution in [3.8, 4) is 0 Å². The van der Waals surface area contributed by atoms with E-state index in [-0.39, 0.29) is 5.91 Å². The Morgan fingerprint density at radius 1 is 1.08 bits per heavy atom. The molecule has 1 amide bonds. The van der Waals surface area contributed by atoms with Crippen LogP contribution < -0.4 is 4.90 Å². The fourth-order valence-electron chi connectivity index (χ4n) is 5.07. The molecule has 2 aromatic carbocycles. The second-order valence-electron chi connectivity index (χ2n) is 9.61. The molecule has 1 aromatic heterocycles. The number of oxime groups is 1. The highest BCUT2D eigenvalue weighted by molar-refractivity contribution is 6.11. The highest BCUT2D eigenvalue weighted by Gasteiger charge is 2.27. The number of amides is 1. The maximum absolute atomic E-state index is 13.8. The smallest absolute Gasteiger partial charge is 0.231 e. The lowest BCUT2D eigenvalue weighted by atomic mass is 9.88. The number of carbonyl (C=O) groups excluding carboxylic acids is 1. The SMILES string of the molecule is CCO/N=C(\c1ccc(F)c(F)c1)c1ccc(CN2CCC(c3ccc4c(c3)N(C)C(=O)C4)CC2)cn1. The summed E-state index contributed by atoms with van der Waals surface area (Å²) in [4.78, 5) is 26.0. The third-order valence-corrected chi connectivity index (χ3v) is 7.20. The van der Waals surface area contributed by atoms with Crippen LogP contribution in [0.25, 0.3) is 0 Å². The molecule has 6 nitrogen and oxygen atoms in total. The Morgan fingerprint density at radius 2 is 1.89 bits per heavy atom. The van der Waals surface area contributed by atoms with Crippen molar-refractivity contribution in [2.24, 2.45) is 5.16 Å². The molecule has 8 heteroatoms. The molecule has 0 spiro atoms. The van der Waals surface area contributed by atoms with Gasteiger partial charge in [0.05, 0.1) is 12.1 Å². The number of carbonyl (C=O) groups is 1. The van der Waals surface area contributed by atoms with E-state index in [0.29, 0.717) is 35.9 Å². The number of halogens is 2. The first-order chi connectivity index (χ1) is 17.9. The van der Waals surface area contributed by atoms with Crippen LogP contribution in [0, 0.1) is 11.6 Å². The van der Waals surface area contributed by atoms with Crippen molar-refractivity contribution in [3.05, 3.63) is 94.3 Å². The van der Waals surface area contributed by atoms with Crippen molar-refractivity contribution in [1.29, 1.82) is 0 Å². The van der Waals surface area contributed by atoms with Crippen LogP contribution in [0.4, 0.5) is 14.5 Å². The summed E-state index contributed by atoms with van der Waals surface area (Å²) in [5, 5.41) is 4.10. The van der Waals surface area contributed by atoms with E-state index in [4.69, 9.17) is 4.84 Å². The van der Waals surface area contributed by atoms with E-state index in [2.05, 4.69) is 33.2 Å². The largest absolute Gasteiger partial charge is 0.396 e. The molecule has 0 N–H and O–H groups in total. The molecule has 0 aliphatic carbocycles. The fraction of sp³-hybridized carbons (Fsp3) is 0.345. The van der Waals surface area contributed by atoms with Gasteiger partial charge in [0.25, 0.3) is 0 Å². The molecule has 192 valence electrons. The molecule has 0 atom stereocenters. The molecule has 37 heavy (non-hydrogen) atoms. The second kappa shape index (κ2) is 10.8. The van der Waals surface area contributed by atoms with Crippen molar-refractivity contribution >= 4 is 17.3 Å². The molecular weight excluding hydrogens is 474 g/mol. The summed E-state index contributed by atoms with van der Waals surface area (Å²) in [6, 6.07) is 13.9. The van der Waals surface area contributed by atoms with Gasteiger partial charge in [-0.2, -0.15) is 0 Å². The van der Waals surface area contributed by atoms with Crippen molar-refractivity contribution in [2.75, 3.05) is 31.6 Å². The van der Waals surface area contributed by atoms with Crippen molar-refractivity contribution in [1.82, 2.24) is 9.88 Å². The van der Waals surface area contributed by atoms with Crippen LogP contribution in [0.2, 0.25) is 0 Å². The Balaban J connectivity index is 1.22. The Hall–Kier alpha value is -3.65. The summed E-state index contributed by atoms with van der Waals surface area (Å²) >= 11 is 0. The van der Waals surface area contributed by atoms with E-state index in [9.17, 15) is 13.6 Å². The normalized spacial score (nSPS) is 16.8. The minimum absolute atomic E-state index is 0.155. The maximum atomic E-state index is 13.8. The van der Waals surface area contributed by atoms with Gasteiger partial charge in [-0.1, -0.05) is 23.4 Å². The van der Waals surface area contributed by atoms with Crippen LogP contribution >= 0.6 is 0 Å². The van der Waals surface area contributed by atoms with E-state index in [1.165, 1.54) is 11.6 Å². The zero-order valence-corrected chi connectivity index (χ0v) is 21.1. The van der Waals surface area contributed by atoms with Gasteiger partial charge >= 0.3 is 0 Å². The molecule has 2 aliphatic heterocycles. The zero-order valence-electron chi connectivity index (χ0n) is 21.1. The molecule has 0 saturated carbocycles. The van der Waals surface area contributed by atoms with Crippen LogP contribution in [0.5, 0.6) is 0 Å². The number of benzene rings is 2. The third kappa shape index (κ3) is 5.39. The van der Waals surface area contributed by atoms with Crippen molar-refractivity contribution in [2.45, 2.75) is 38.6 Å². The topological polar surface area (TPSA) is 58.0 Å². The lowest BCUT2D eigenvalue weighted by molar-refractivity contribution is -0.117. The molecule has 1 fully saturated rings. The number of nitrogens with zero attached hydrogens (tertiary/aromatic N) is 4. The molecule has 2 aliphatic rings. The van der Waals surface area contributed by atoms with E-state index in [0.717, 1.165) is 61.4 Å². The van der Waals surface area contributed by atoms with Crippen molar-refractivity contribution in [3.63, 3.8) is 0 Å². The first-order valence-electron chi connectivity index (χ1n) is 12.7. The molecule has 0 radical (unpaired) electrons. The van der Waals surface area contributed by atoms with Gasteiger partial charge in [0.15, 0.2) is 11.6 Å². The van der Waals surface area contributed by atoms with Crippen LogP contribution in [0.3, 0.4) is 0 Å². The summed E-state index contributed by atoms with van der Waals surface area (Å²) < 4.78 is 27.2. The summed E-state index contributed by atoms with van der Waals surface area (Å²) in [5.74, 6) is -1.21. The van der Waals surface area contributed by atoms with Gasteiger partial charge in [-0.25, -0.2) is 8.78 Å². The number of hydrogen-bond donors (Lipinski definition) is 0. The quantitative estimate of drug-likeness (QED) is 0.334. The van der Waals surface area contributed by atoms with Gasteiger partial charge in [-0.05, 0) is 85.8 Å². The average Bonchev–Trinajstić information content (AvgIpc) is 3.20. The molecule has 0 unspecified atom stereocenters. The number of likely N-dealkylation sites (tertiary alicyclic amines) is 1. The Bertz CT molecular complexity index is 1320. The molecule has 0 bridgehead atoms. The summed E-state index contributed by atoms with van der Waals surface area (Å²) in [6.07, 6.45) is 4.42. The number of fused-ring (bicyclic) bond motifs is 1. The number of rotatable bonds is 7. The Labute approximate surface area is 215 Å². The predicted molar refractivity (Wildman–Crippen MR) is 139 cm³/mol. The fourth-order valence-corrected chi connectivity index (χ4v) is 5.07. The third-order valence-electron chi connectivity index (χ3n) is 7.20. The molecule has 1 saturated heterocycles. The summed E-state index contributed by atoms with van der Waals surface area (Å²) in [7, 11) is 1.85. The molecule has 5 rings (SSSR count). The van der Waals surface area contributed by atoms with Crippen LogP contribution in [0.1, 0.15) is 53.6 Å². The number of pyridine rings is 1. The highest BCUT2D eigenvalue weighted by atomic mass is 19.2. The van der Waals surface area contributed by atoms with Crippen molar-refractivity contribution < 1.29 is 18.4 Å². The maximum Gasteiger partial charge on any atom is 0.231 e. The number of anilines is 1. The second-order valence-corrected chi connectivity index (χ2v) is 9.61. The summed E-state index contributed by atoms with van der Waals surface area (Å²) in [5.41, 5.74) is 5.83. The molecule has 3 aromatic rings. The predicted octanol–water partition coefficient (Wildman–Crippen LogP) is 5.05. The van der Waals surface area contributed by atoms with Gasteiger partial charge in [-0.3, -0.25) is 14.7 Å². The van der Waals surface area contributed by atoms with Gasteiger partial charge < -0.3 is 9.74 Å². The zero-order chi connectivity index (χ0) is 25.9.